The lowest BCUT2D eigenvalue weighted by Crippen LogP contribution is -2.49. The van der Waals surface area contributed by atoms with Crippen molar-refractivity contribution in [2.75, 3.05) is 0 Å². The molecule has 0 N–H and O–H groups in total. The van der Waals surface area contributed by atoms with E-state index in [1.54, 1.807) is 0 Å². The molecule has 0 aliphatic rings. The van der Waals surface area contributed by atoms with Gasteiger partial charge in [-0.3, -0.25) is 4.79 Å². The molecular weight excluding hydrogens is 384 g/mol. The van der Waals surface area contributed by atoms with E-state index in [9.17, 15) is 4.79 Å². The first-order valence-electron chi connectivity index (χ1n) is 13.2. The number of allylic oxidation sites excluding steroid dienone is 2. The van der Waals surface area contributed by atoms with Gasteiger partial charge in [-0.2, -0.15) is 0 Å². The Balaban J connectivity index is 3.79. The van der Waals surface area contributed by atoms with Crippen LogP contribution in [0.2, 0.25) is 16.6 Å². The van der Waals surface area contributed by atoms with Crippen LogP contribution in [0.3, 0.4) is 0 Å². The van der Waals surface area contributed by atoms with Gasteiger partial charge in [-0.25, -0.2) is 0 Å². The second-order valence-corrected chi connectivity index (χ2v) is 15.5. The molecule has 2 nitrogen and oxygen atoms in total. The fraction of sp³-hybridized carbons (Fsp3) is 0.889. The lowest BCUT2D eigenvalue weighted by molar-refractivity contribution is -0.135. The molecule has 178 valence electrons. The first-order valence-corrected chi connectivity index (χ1v) is 15.3. The number of hydrogen-bond acceptors (Lipinski definition) is 2. The normalized spacial score (nSPS) is 12.6. The number of rotatable bonds is 19. The van der Waals surface area contributed by atoms with Gasteiger partial charge < -0.3 is 4.43 Å². The summed E-state index contributed by atoms with van der Waals surface area (Å²) in [6.07, 6.45) is 22.0. The summed E-state index contributed by atoms with van der Waals surface area (Å²) in [5.74, 6) is 0.0513. The molecular formula is C27H54O2Si. The molecule has 0 aromatic heterocycles. The fourth-order valence-corrected chi connectivity index (χ4v) is 10.1. The lowest BCUT2D eigenvalue weighted by Gasteiger charge is -2.41. The summed E-state index contributed by atoms with van der Waals surface area (Å²) in [5, 5.41) is 0. The first kappa shape index (κ1) is 29.4. The number of unbranched alkanes of at least 4 members (excludes halogenated alkanes) is 11. The third-order valence-electron chi connectivity index (χ3n) is 6.64. The summed E-state index contributed by atoms with van der Waals surface area (Å²) < 4.78 is 6.23. The third-order valence-corrected chi connectivity index (χ3v) is 12.6. The van der Waals surface area contributed by atoms with E-state index >= 15 is 0 Å². The number of carbonyl (C=O) groups excluding carboxylic acids is 1. The minimum absolute atomic E-state index is 0.0513. The molecule has 0 aliphatic heterocycles. The maximum Gasteiger partial charge on any atom is 0.292 e. The zero-order valence-electron chi connectivity index (χ0n) is 21.6. The van der Waals surface area contributed by atoms with Gasteiger partial charge in [0.15, 0.2) is 0 Å². The van der Waals surface area contributed by atoms with E-state index in [0.29, 0.717) is 23.0 Å². The Morgan fingerprint density at radius 1 is 0.667 bits per heavy atom. The zero-order valence-corrected chi connectivity index (χ0v) is 22.6. The molecule has 0 fully saturated rings. The van der Waals surface area contributed by atoms with E-state index in [2.05, 4.69) is 60.6 Å². The second kappa shape index (κ2) is 18.0. The van der Waals surface area contributed by atoms with Crippen molar-refractivity contribution in [3.63, 3.8) is 0 Å². The van der Waals surface area contributed by atoms with Gasteiger partial charge in [0.1, 0.15) is 0 Å². The predicted octanol–water partition coefficient (Wildman–Crippen LogP) is 9.74. The fourth-order valence-electron chi connectivity index (χ4n) is 4.94. The van der Waals surface area contributed by atoms with Crippen LogP contribution in [-0.2, 0) is 9.22 Å². The maximum absolute atomic E-state index is 12.5. The standard InChI is InChI=1S/C27H54O2Si/c1-8-9-10-11-12-13-14-15-16-17-18-19-20-21-22-23-27(28)29-30(24(2)3,25(4)5)26(6)7/h15-16,24-26H,8-14,17-23H2,1-7H3/b16-15-. The second-order valence-electron chi connectivity index (χ2n) is 10.1. The molecule has 0 spiro atoms. The summed E-state index contributed by atoms with van der Waals surface area (Å²) in [6, 6.07) is 0. The van der Waals surface area contributed by atoms with Crippen LogP contribution in [0, 0.1) is 0 Å². The van der Waals surface area contributed by atoms with Gasteiger partial charge in [-0.15, -0.1) is 0 Å². The molecule has 0 aromatic rings. The van der Waals surface area contributed by atoms with Crippen LogP contribution >= 0.6 is 0 Å². The molecule has 0 aromatic carbocycles. The van der Waals surface area contributed by atoms with Gasteiger partial charge in [-0.1, -0.05) is 112 Å². The van der Waals surface area contributed by atoms with Crippen LogP contribution in [0.4, 0.5) is 0 Å². The van der Waals surface area contributed by atoms with Gasteiger partial charge >= 0.3 is 0 Å². The van der Waals surface area contributed by atoms with Crippen molar-refractivity contribution in [3.8, 4) is 0 Å². The molecule has 0 bridgehead atoms. The number of hydrogen-bond donors (Lipinski definition) is 0. The van der Waals surface area contributed by atoms with Crippen molar-refractivity contribution in [2.45, 2.75) is 155 Å². The summed E-state index contributed by atoms with van der Waals surface area (Å²) in [7, 11) is -2.06. The van der Waals surface area contributed by atoms with Crippen molar-refractivity contribution in [3.05, 3.63) is 12.2 Å². The highest BCUT2D eigenvalue weighted by Crippen LogP contribution is 2.42. The van der Waals surface area contributed by atoms with Gasteiger partial charge in [0.25, 0.3) is 14.3 Å². The van der Waals surface area contributed by atoms with E-state index in [4.69, 9.17) is 4.43 Å². The minimum Gasteiger partial charge on any atom is -0.518 e. The van der Waals surface area contributed by atoms with Crippen LogP contribution in [0.25, 0.3) is 0 Å². The highest BCUT2D eigenvalue weighted by atomic mass is 28.4. The largest absolute Gasteiger partial charge is 0.518 e. The smallest absolute Gasteiger partial charge is 0.292 e. The van der Waals surface area contributed by atoms with Gasteiger partial charge in [0, 0.05) is 6.42 Å². The summed E-state index contributed by atoms with van der Waals surface area (Å²) in [5.41, 5.74) is 1.40. The van der Waals surface area contributed by atoms with E-state index in [1.165, 1.54) is 70.6 Å². The quantitative estimate of drug-likeness (QED) is 0.114. The highest BCUT2D eigenvalue weighted by molar-refractivity contribution is 6.78. The Morgan fingerprint density at radius 2 is 1.07 bits per heavy atom. The molecule has 0 radical (unpaired) electrons. The molecule has 0 atom stereocenters. The van der Waals surface area contributed by atoms with Crippen molar-refractivity contribution in [1.82, 2.24) is 0 Å². The van der Waals surface area contributed by atoms with Crippen molar-refractivity contribution in [1.29, 1.82) is 0 Å². The van der Waals surface area contributed by atoms with Gasteiger partial charge in [0.2, 0.25) is 0 Å². The Hall–Kier alpha value is -0.573. The summed E-state index contributed by atoms with van der Waals surface area (Å²) >= 11 is 0. The first-order chi connectivity index (χ1) is 14.3. The third kappa shape index (κ3) is 12.3. The van der Waals surface area contributed by atoms with E-state index < -0.39 is 8.32 Å². The van der Waals surface area contributed by atoms with Gasteiger partial charge in [0.05, 0.1) is 0 Å². The molecule has 0 saturated heterocycles. The number of carbonyl (C=O) groups is 1. The molecule has 0 amide bonds. The SMILES string of the molecule is CCCCCCCC/C=C\CCCCCCCC(=O)O[Si](C(C)C)(C(C)C)C(C)C. The van der Waals surface area contributed by atoms with Crippen LogP contribution in [0.1, 0.15) is 138 Å². The van der Waals surface area contributed by atoms with Crippen LogP contribution < -0.4 is 0 Å². The molecule has 0 saturated carbocycles. The monoisotopic (exact) mass is 438 g/mol. The molecule has 0 aliphatic carbocycles. The van der Waals surface area contributed by atoms with Crippen molar-refractivity contribution in [2.24, 2.45) is 0 Å². The predicted molar refractivity (Wildman–Crippen MR) is 137 cm³/mol. The average molecular weight is 439 g/mol. The Labute approximate surface area is 190 Å². The molecule has 0 heterocycles. The van der Waals surface area contributed by atoms with Gasteiger partial charge in [-0.05, 0) is 48.7 Å². The minimum atomic E-state index is -2.06. The Bertz CT molecular complexity index is 418. The highest BCUT2D eigenvalue weighted by Gasteiger charge is 2.47. The van der Waals surface area contributed by atoms with E-state index in [-0.39, 0.29) is 5.97 Å². The molecule has 3 heteroatoms. The van der Waals surface area contributed by atoms with Crippen molar-refractivity contribution < 1.29 is 9.22 Å². The lowest BCUT2D eigenvalue weighted by atomic mass is 10.1. The van der Waals surface area contributed by atoms with E-state index in [0.717, 1.165) is 12.8 Å². The average Bonchev–Trinajstić information content (AvgIpc) is 2.68. The Morgan fingerprint density at radius 3 is 1.50 bits per heavy atom. The molecule has 0 rings (SSSR count). The summed E-state index contributed by atoms with van der Waals surface area (Å²) in [6.45, 7) is 15.7. The van der Waals surface area contributed by atoms with E-state index in [1.807, 2.05) is 0 Å². The summed E-state index contributed by atoms with van der Waals surface area (Å²) in [4.78, 5) is 12.5. The maximum atomic E-state index is 12.5. The zero-order chi connectivity index (χ0) is 22.8. The van der Waals surface area contributed by atoms with Crippen LogP contribution in [-0.4, -0.2) is 14.3 Å². The Kier molecular flexibility index (Phi) is 17.7. The topological polar surface area (TPSA) is 26.3 Å². The van der Waals surface area contributed by atoms with Crippen LogP contribution in [0.5, 0.6) is 0 Å². The van der Waals surface area contributed by atoms with Crippen molar-refractivity contribution >= 4 is 14.3 Å². The van der Waals surface area contributed by atoms with Crippen LogP contribution in [0.15, 0.2) is 12.2 Å². The molecule has 30 heavy (non-hydrogen) atoms. The molecule has 0 unspecified atom stereocenters.